The molecule has 2 aliphatic carbocycles. The van der Waals surface area contributed by atoms with Crippen LogP contribution in [-0.4, -0.2) is 17.2 Å². The van der Waals surface area contributed by atoms with Crippen LogP contribution >= 0.6 is 0 Å². The van der Waals surface area contributed by atoms with Crippen LogP contribution in [0.3, 0.4) is 0 Å². The molecular formula is C23H27BN2O3. The molecular weight excluding hydrogens is 363 g/mol. The molecule has 1 aromatic carbocycles. The maximum atomic E-state index is 10.1. The first-order chi connectivity index (χ1) is 13.7. The Morgan fingerprint density at radius 2 is 1.86 bits per heavy atom. The highest BCUT2D eigenvalue weighted by Gasteiger charge is 2.51. The van der Waals surface area contributed by atoms with E-state index in [0.717, 1.165) is 42.4 Å². The Labute approximate surface area is 172 Å². The van der Waals surface area contributed by atoms with Crippen molar-refractivity contribution in [3.63, 3.8) is 0 Å². The fourth-order valence-corrected chi connectivity index (χ4v) is 6.31. The molecule has 0 amide bonds. The molecule has 1 aromatic heterocycles. The van der Waals surface area contributed by atoms with Gasteiger partial charge in [-0.3, -0.25) is 9.69 Å². The normalized spacial score (nSPS) is 28.0. The van der Waals surface area contributed by atoms with Crippen LogP contribution in [0.5, 0.6) is 0 Å². The molecule has 0 aliphatic heterocycles. The van der Waals surface area contributed by atoms with Crippen molar-refractivity contribution in [3.8, 4) is 0 Å². The highest BCUT2D eigenvalue weighted by atomic mass is 16.4. The molecule has 2 aliphatic rings. The monoisotopic (exact) mass is 390 g/mol. The van der Waals surface area contributed by atoms with E-state index < -0.39 is 7.12 Å². The first-order valence-electron chi connectivity index (χ1n) is 10.4. The van der Waals surface area contributed by atoms with E-state index in [0.29, 0.717) is 11.5 Å². The predicted octanol–water partition coefficient (Wildman–Crippen LogP) is 5.20. The van der Waals surface area contributed by atoms with Crippen LogP contribution in [0.15, 0.2) is 10.5 Å². The second kappa shape index (κ2) is 6.62. The van der Waals surface area contributed by atoms with Crippen molar-refractivity contribution < 1.29 is 14.5 Å². The molecule has 1 heterocycles. The molecule has 1 saturated carbocycles. The average Bonchev–Trinajstić information content (AvgIpc) is 2.99. The largest absolute Gasteiger partial charge is 0.479 e. The highest BCUT2D eigenvalue weighted by molar-refractivity contribution is 6.64. The second-order valence-electron chi connectivity index (χ2n) is 9.76. The summed E-state index contributed by atoms with van der Waals surface area (Å²) < 4.78 is 6.33. The summed E-state index contributed by atoms with van der Waals surface area (Å²) in [7, 11) is -1.86. The summed E-state index contributed by atoms with van der Waals surface area (Å²) in [5.74, 6) is 1.57. The number of furan rings is 1. The summed E-state index contributed by atoms with van der Waals surface area (Å²) in [6.07, 6.45) is 5.51. The standard InChI is InChI=1S/C23H27BN2O3/c1-13-8-9-16-22(2,3)10-7-11-23(16,4)17-14-12-15(25-5)19(26-6)18(24(27)28)21(14)29-20(13)17/h12-13,16,27-28H,7-11H2,1-4H3/t13?,16-,23-/m1/s1. The van der Waals surface area contributed by atoms with Gasteiger partial charge in [-0.05, 0) is 42.4 Å². The van der Waals surface area contributed by atoms with Gasteiger partial charge in [0.15, 0.2) is 11.4 Å². The van der Waals surface area contributed by atoms with Gasteiger partial charge in [-0.15, -0.1) is 0 Å². The molecule has 3 atom stereocenters. The highest BCUT2D eigenvalue weighted by Crippen LogP contribution is 2.59. The lowest BCUT2D eigenvalue weighted by atomic mass is 9.53. The van der Waals surface area contributed by atoms with E-state index in [1.54, 1.807) is 6.07 Å². The van der Waals surface area contributed by atoms with E-state index in [-0.39, 0.29) is 33.6 Å². The molecule has 1 fully saturated rings. The van der Waals surface area contributed by atoms with Crippen molar-refractivity contribution >= 4 is 34.9 Å². The maximum Gasteiger partial charge on any atom is 0.479 e. The zero-order valence-electron chi connectivity index (χ0n) is 17.5. The van der Waals surface area contributed by atoms with Crippen molar-refractivity contribution in [2.45, 2.75) is 71.1 Å². The van der Waals surface area contributed by atoms with Crippen molar-refractivity contribution in [1.29, 1.82) is 0 Å². The number of nitrogens with zero attached hydrogens (tertiary/aromatic N) is 2. The molecule has 0 bridgehead atoms. The lowest BCUT2D eigenvalue weighted by molar-refractivity contribution is 0.0504. The van der Waals surface area contributed by atoms with Gasteiger partial charge in [-0.25, -0.2) is 0 Å². The molecule has 0 saturated heterocycles. The molecule has 29 heavy (non-hydrogen) atoms. The van der Waals surface area contributed by atoms with Gasteiger partial charge in [0, 0.05) is 22.3 Å². The smallest absolute Gasteiger partial charge is 0.462 e. The molecule has 4 rings (SSSR count). The number of fused-ring (bicyclic) bond motifs is 5. The second-order valence-corrected chi connectivity index (χ2v) is 9.76. The summed E-state index contributed by atoms with van der Waals surface area (Å²) in [4.78, 5) is 6.97. The molecule has 150 valence electrons. The predicted molar refractivity (Wildman–Crippen MR) is 115 cm³/mol. The van der Waals surface area contributed by atoms with Gasteiger partial charge >= 0.3 is 7.12 Å². The van der Waals surface area contributed by atoms with Gasteiger partial charge < -0.3 is 14.5 Å². The lowest BCUT2D eigenvalue weighted by Gasteiger charge is -2.50. The number of hydrogen-bond donors (Lipinski definition) is 2. The van der Waals surface area contributed by atoms with Crippen molar-refractivity contribution in [3.05, 3.63) is 40.2 Å². The Morgan fingerprint density at radius 3 is 2.48 bits per heavy atom. The third-order valence-corrected chi connectivity index (χ3v) is 7.62. The Bertz CT molecular complexity index is 1070. The van der Waals surface area contributed by atoms with Gasteiger partial charge in [-0.1, -0.05) is 40.2 Å². The van der Waals surface area contributed by atoms with Gasteiger partial charge in [0.25, 0.3) is 0 Å². The van der Waals surface area contributed by atoms with Crippen LogP contribution in [0, 0.1) is 24.5 Å². The van der Waals surface area contributed by atoms with Crippen LogP contribution in [0.4, 0.5) is 11.4 Å². The van der Waals surface area contributed by atoms with E-state index in [2.05, 4.69) is 37.4 Å². The number of benzene rings is 1. The van der Waals surface area contributed by atoms with Crippen LogP contribution < -0.4 is 5.46 Å². The average molecular weight is 390 g/mol. The van der Waals surface area contributed by atoms with E-state index in [1.165, 1.54) is 6.42 Å². The summed E-state index contributed by atoms with van der Waals surface area (Å²) in [6, 6.07) is 1.74. The Hall–Kier alpha value is -2.28. The van der Waals surface area contributed by atoms with E-state index >= 15 is 0 Å². The van der Waals surface area contributed by atoms with Gasteiger partial charge in [0.1, 0.15) is 11.3 Å². The third kappa shape index (κ3) is 2.74. The fraction of sp³-hybridized carbons (Fsp3) is 0.565. The quantitative estimate of drug-likeness (QED) is 0.520. The van der Waals surface area contributed by atoms with Crippen LogP contribution in [0.1, 0.15) is 77.0 Å². The van der Waals surface area contributed by atoms with Crippen molar-refractivity contribution in [1.82, 2.24) is 0 Å². The lowest BCUT2D eigenvalue weighted by Crippen LogP contribution is -2.44. The molecule has 5 nitrogen and oxygen atoms in total. The molecule has 0 spiro atoms. The fourth-order valence-electron chi connectivity index (χ4n) is 6.31. The molecule has 1 unspecified atom stereocenters. The summed E-state index contributed by atoms with van der Waals surface area (Å²) in [5.41, 5.74) is 1.74. The third-order valence-electron chi connectivity index (χ3n) is 7.62. The van der Waals surface area contributed by atoms with Crippen LogP contribution in [0.25, 0.3) is 20.7 Å². The Balaban J connectivity index is 2.13. The Kier molecular flexibility index (Phi) is 4.57. The van der Waals surface area contributed by atoms with Crippen LogP contribution in [0.2, 0.25) is 0 Å². The van der Waals surface area contributed by atoms with E-state index in [9.17, 15) is 10.0 Å². The zero-order valence-corrected chi connectivity index (χ0v) is 17.5. The topological polar surface area (TPSA) is 62.3 Å². The minimum Gasteiger partial charge on any atom is -0.462 e. The minimum atomic E-state index is -1.86. The van der Waals surface area contributed by atoms with Gasteiger partial charge in [-0.2, -0.15) is 0 Å². The molecule has 6 heteroatoms. The first kappa shape index (κ1) is 20.0. The molecule has 2 aromatic rings. The SMILES string of the molecule is [C-]#[N+]c1cc2c3c(oc2c(B(O)O)c1[N+]#[C-])C(C)CC[C@@H]1C(C)(C)CCC[C@@]31C. The number of hydrogen-bond acceptors (Lipinski definition) is 3. The van der Waals surface area contributed by atoms with Crippen molar-refractivity contribution in [2.75, 3.05) is 0 Å². The first-order valence-corrected chi connectivity index (χ1v) is 10.4. The minimum absolute atomic E-state index is 0.0234. The molecule has 0 radical (unpaired) electrons. The summed E-state index contributed by atoms with van der Waals surface area (Å²) in [5, 5.41) is 20.9. The van der Waals surface area contributed by atoms with E-state index in [4.69, 9.17) is 17.6 Å². The maximum absolute atomic E-state index is 10.1. The van der Waals surface area contributed by atoms with Gasteiger partial charge in [0.2, 0.25) is 0 Å². The Morgan fingerprint density at radius 1 is 1.14 bits per heavy atom. The van der Waals surface area contributed by atoms with E-state index in [1.807, 2.05) is 0 Å². The summed E-state index contributed by atoms with van der Waals surface area (Å²) in [6.45, 7) is 24.2. The number of rotatable bonds is 1. The van der Waals surface area contributed by atoms with Crippen LogP contribution in [-0.2, 0) is 5.41 Å². The zero-order chi connectivity index (χ0) is 21.1. The van der Waals surface area contributed by atoms with Gasteiger partial charge in [0.05, 0.1) is 13.1 Å². The molecule has 2 N–H and O–H groups in total. The van der Waals surface area contributed by atoms with Crippen molar-refractivity contribution in [2.24, 2.45) is 11.3 Å². The summed E-state index contributed by atoms with van der Waals surface area (Å²) >= 11 is 0.